The van der Waals surface area contributed by atoms with Gasteiger partial charge in [0.1, 0.15) is 16.5 Å². The zero-order valence-corrected chi connectivity index (χ0v) is 16.1. The van der Waals surface area contributed by atoms with Crippen molar-refractivity contribution in [1.29, 1.82) is 0 Å². The fourth-order valence-electron chi connectivity index (χ4n) is 2.83. The van der Waals surface area contributed by atoms with E-state index >= 15 is 0 Å². The van der Waals surface area contributed by atoms with Crippen LogP contribution in [0.2, 0.25) is 0 Å². The first kappa shape index (κ1) is 18.5. The third-order valence-corrected chi connectivity index (χ3v) is 5.65. The minimum Gasteiger partial charge on any atom is -0.493 e. The molecule has 0 saturated carbocycles. The van der Waals surface area contributed by atoms with E-state index in [2.05, 4.69) is 9.97 Å². The van der Waals surface area contributed by atoms with Gasteiger partial charge in [-0.1, -0.05) is 12.1 Å². The molecule has 26 heavy (non-hydrogen) atoms. The Morgan fingerprint density at radius 3 is 2.81 bits per heavy atom. The summed E-state index contributed by atoms with van der Waals surface area (Å²) in [5, 5.41) is 0.679. The number of nitrogens with one attached hydrogen (secondary N) is 1. The van der Waals surface area contributed by atoms with Crippen LogP contribution in [0.25, 0.3) is 11.0 Å². The molecule has 0 bridgehead atoms. The first-order valence-electron chi connectivity index (χ1n) is 8.53. The molecule has 0 fully saturated rings. The first-order valence-corrected chi connectivity index (χ1v) is 9.85. The monoisotopic (exact) mass is 374 g/mol. The number of H-pyrrole nitrogens is 1. The summed E-state index contributed by atoms with van der Waals surface area (Å²) in [6.45, 7) is 3.20. The van der Waals surface area contributed by atoms with Crippen LogP contribution in [0.5, 0.6) is 5.75 Å². The normalized spacial score (nSPS) is 12.4. The van der Waals surface area contributed by atoms with E-state index in [0.29, 0.717) is 24.1 Å². The van der Waals surface area contributed by atoms with Gasteiger partial charge in [-0.2, -0.15) is 0 Å². The van der Waals surface area contributed by atoms with E-state index < -0.39 is 10.8 Å². The Kier molecular flexibility index (Phi) is 6.00. The molecule has 2 heterocycles. The Morgan fingerprint density at radius 2 is 2.04 bits per heavy atom. The maximum atomic E-state index is 12.9. The standard InChI is InChI=1S/C19H23N3O3S/c1-14-16(20-10-9-18(14)25-12-6-11-24-3)13-26(23)19-21-15-7-4-5-8-17(15)22(19)2/h4-5,7-10H,6,11-13H2,1-3H3/p+1. The van der Waals surface area contributed by atoms with Crippen LogP contribution < -0.4 is 9.30 Å². The van der Waals surface area contributed by atoms with Crippen molar-refractivity contribution >= 4 is 21.8 Å². The van der Waals surface area contributed by atoms with Gasteiger partial charge < -0.3 is 9.47 Å². The SMILES string of the molecule is COCCCOc1ccnc(CS(=O)c2[nH]c3ccccc3[n+]2C)c1C. The number of benzene rings is 1. The van der Waals surface area contributed by atoms with Gasteiger partial charge in [0.2, 0.25) is 0 Å². The van der Waals surface area contributed by atoms with Gasteiger partial charge in [-0.25, -0.2) is 13.8 Å². The highest BCUT2D eigenvalue weighted by molar-refractivity contribution is 7.83. The van der Waals surface area contributed by atoms with Crippen molar-refractivity contribution in [2.24, 2.45) is 7.05 Å². The van der Waals surface area contributed by atoms with Crippen LogP contribution in [-0.2, 0) is 28.3 Å². The number of aryl methyl sites for hydroxylation is 1. The smallest absolute Gasteiger partial charge is 0.347 e. The molecule has 0 aliphatic rings. The second-order valence-electron chi connectivity index (χ2n) is 6.07. The van der Waals surface area contributed by atoms with Crippen LogP contribution in [0, 0.1) is 6.92 Å². The largest absolute Gasteiger partial charge is 0.493 e. The molecule has 0 aliphatic carbocycles. The predicted octanol–water partition coefficient (Wildman–Crippen LogP) is 2.42. The molecular formula is C19H24N3O3S+. The molecule has 0 amide bonds. The van der Waals surface area contributed by atoms with E-state index in [1.54, 1.807) is 13.3 Å². The van der Waals surface area contributed by atoms with Crippen LogP contribution in [0.15, 0.2) is 41.7 Å². The van der Waals surface area contributed by atoms with Crippen LogP contribution in [0.4, 0.5) is 0 Å². The van der Waals surface area contributed by atoms with Crippen molar-refractivity contribution in [2.45, 2.75) is 24.3 Å². The molecule has 7 heteroatoms. The van der Waals surface area contributed by atoms with Gasteiger partial charge >= 0.3 is 5.16 Å². The summed E-state index contributed by atoms with van der Waals surface area (Å²) in [7, 11) is 2.36. The van der Waals surface area contributed by atoms with Crippen molar-refractivity contribution < 1.29 is 18.2 Å². The molecule has 6 nitrogen and oxygen atoms in total. The van der Waals surface area contributed by atoms with E-state index in [9.17, 15) is 4.21 Å². The van der Waals surface area contributed by atoms with Crippen LogP contribution in [0.3, 0.4) is 0 Å². The summed E-state index contributed by atoms with van der Waals surface area (Å²) in [4.78, 5) is 7.67. The number of ether oxygens (including phenoxy) is 2. The minimum absolute atomic E-state index is 0.335. The number of fused-ring (bicyclic) bond motifs is 1. The molecule has 0 aliphatic heterocycles. The molecule has 1 aromatic carbocycles. The topological polar surface area (TPSA) is 68.1 Å². The number of hydrogen-bond acceptors (Lipinski definition) is 4. The summed E-state index contributed by atoms with van der Waals surface area (Å²) in [6, 6.07) is 9.76. The molecular weight excluding hydrogens is 350 g/mol. The fraction of sp³-hybridized carbons (Fsp3) is 0.368. The molecule has 1 N–H and O–H groups in total. The highest BCUT2D eigenvalue weighted by Crippen LogP contribution is 2.22. The molecule has 138 valence electrons. The number of imidazole rings is 1. The molecule has 0 spiro atoms. The minimum atomic E-state index is -1.24. The summed E-state index contributed by atoms with van der Waals surface area (Å²) < 4.78 is 25.7. The third-order valence-electron chi connectivity index (χ3n) is 4.30. The maximum Gasteiger partial charge on any atom is 0.347 e. The number of para-hydroxylation sites is 2. The van der Waals surface area contributed by atoms with Crippen molar-refractivity contribution in [1.82, 2.24) is 9.97 Å². The number of nitrogens with zero attached hydrogens (tertiary/aromatic N) is 2. The molecule has 0 saturated heterocycles. The number of aromatic amines is 1. The van der Waals surface area contributed by atoms with Gasteiger partial charge in [-0.3, -0.25) is 4.98 Å². The molecule has 1 unspecified atom stereocenters. The summed E-state index contributed by atoms with van der Waals surface area (Å²) in [6.07, 6.45) is 2.53. The Hall–Kier alpha value is -2.25. The number of methoxy groups -OCH3 is 1. The van der Waals surface area contributed by atoms with Crippen molar-refractivity contribution in [3.05, 3.63) is 47.8 Å². The summed E-state index contributed by atoms with van der Waals surface area (Å²) in [5.41, 5.74) is 3.71. The Morgan fingerprint density at radius 1 is 1.23 bits per heavy atom. The first-order chi connectivity index (χ1) is 12.6. The lowest BCUT2D eigenvalue weighted by Crippen LogP contribution is -2.32. The Bertz CT molecular complexity index is 924. The van der Waals surface area contributed by atoms with E-state index in [0.717, 1.165) is 34.5 Å². The fourth-order valence-corrected chi connectivity index (χ4v) is 4.13. The second kappa shape index (κ2) is 8.42. The van der Waals surface area contributed by atoms with Gasteiger partial charge in [0.05, 0.1) is 25.1 Å². The summed E-state index contributed by atoms with van der Waals surface area (Å²) >= 11 is 0. The van der Waals surface area contributed by atoms with Gasteiger partial charge in [0, 0.05) is 31.9 Å². The predicted molar refractivity (Wildman–Crippen MR) is 101 cm³/mol. The highest BCUT2D eigenvalue weighted by atomic mass is 32.2. The third kappa shape index (κ3) is 3.94. The number of hydrogen-bond donors (Lipinski definition) is 1. The molecule has 0 radical (unpaired) electrons. The van der Waals surface area contributed by atoms with E-state index in [-0.39, 0.29) is 0 Å². The highest BCUT2D eigenvalue weighted by Gasteiger charge is 2.22. The van der Waals surface area contributed by atoms with Crippen LogP contribution >= 0.6 is 0 Å². The van der Waals surface area contributed by atoms with Crippen LogP contribution in [0.1, 0.15) is 17.7 Å². The lowest BCUT2D eigenvalue weighted by atomic mass is 10.2. The second-order valence-corrected chi connectivity index (χ2v) is 7.44. The molecule has 1 atom stereocenters. The zero-order valence-electron chi connectivity index (χ0n) is 15.3. The van der Waals surface area contributed by atoms with Gasteiger partial charge in [0.25, 0.3) is 0 Å². The van der Waals surface area contributed by atoms with Crippen LogP contribution in [-0.4, -0.2) is 34.5 Å². The van der Waals surface area contributed by atoms with Crippen molar-refractivity contribution in [3.8, 4) is 5.75 Å². The number of aromatic nitrogens is 3. The van der Waals surface area contributed by atoms with E-state index in [4.69, 9.17) is 9.47 Å². The lowest BCUT2D eigenvalue weighted by Gasteiger charge is -2.11. The molecule has 2 aromatic heterocycles. The van der Waals surface area contributed by atoms with Crippen molar-refractivity contribution in [3.63, 3.8) is 0 Å². The average molecular weight is 374 g/mol. The molecule has 3 rings (SSSR count). The maximum absolute atomic E-state index is 12.9. The average Bonchev–Trinajstić information content (AvgIpc) is 2.99. The summed E-state index contributed by atoms with van der Waals surface area (Å²) in [5.74, 6) is 1.12. The van der Waals surface area contributed by atoms with Gasteiger partial charge in [-0.05, 0) is 25.1 Å². The van der Waals surface area contributed by atoms with Gasteiger partial charge in [0.15, 0.2) is 11.0 Å². The Balaban J connectivity index is 1.77. The number of rotatable bonds is 8. The number of pyridine rings is 1. The van der Waals surface area contributed by atoms with Gasteiger partial charge in [-0.15, -0.1) is 0 Å². The molecule has 3 aromatic rings. The lowest BCUT2D eigenvalue weighted by molar-refractivity contribution is -0.684. The van der Waals surface area contributed by atoms with E-state index in [1.165, 1.54) is 0 Å². The van der Waals surface area contributed by atoms with Crippen molar-refractivity contribution in [2.75, 3.05) is 20.3 Å². The zero-order chi connectivity index (χ0) is 18.5. The van der Waals surface area contributed by atoms with E-state index in [1.807, 2.05) is 48.9 Å². The Labute approximate surface area is 155 Å². The quantitative estimate of drug-likeness (QED) is 0.486.